The number of amides is 1. The first-order chi connectivity index (χ1) is 14.9. The molecule has 0 spiro atoms. The monoisotopic (exact) mass is 451 g/mol. The summed E-state index contributed by atoms with van der Waals surface area (Å²) in [6.45, 7) is 9.32. The van der Waals surface area contributed by atoms with Crippen LogP contribution in [0.5, 0.6) is 0 Å². The van der Waals surface area contributed by atoms with Crippen LogP contribution in [-0.2, 0) is 14.4 Å². The third kappa shape index (κ3) is 4.89. The zero-order valence-corrected chi connectivity index (χ0v) is 19.6. The van der Waals surface area contributed by atoms with Crippen molar-refractivity contribution in [3.63, 3.8) is 0 Å². The summed E-state index contributed by atoms with van der Waals surface area (Å²) >= 11 is 6.31. The molecule has 2 unspecified atom stereocenters. The number of carbonyl (C=O) groups excluding carboxylic acids is 3. The quantitative estimate of drug-likeness (QED) is 0.692. The van der Waals surface area contributed by atoms with Crippen molar-refractivity contribution < 1.29 is 14.4 Å². The van der Waals surface area contributed by atoms with Crippen molar-refractivity contribution in [3.8, 4) is 17.3 Å². The van der Waals surface area contributed by atoms with Gasteiger partial charge in [-0.3, -0.25) is 19.4 Å². The molecule has 2 aromatic rings. The molecule has 1 aliphatic carbocycles. The molecule has 2 atom stereocenters. The first kappa shape index (κ1) is 23.6. The van der Waals surface area contributed by atoms with Crippen LogP contribution in [0, 0.1) is 31.1 Å². The van der Waals surface area contributed by atoms with Crippen LogP contribution in [0.4, 0.5) is 0 Å². The van der Waals surface area contributed by atoms with E-state index in [0.717, 1.165) is 16.7 Å². The molecule has 32 heavy (non-hydrogen) atoms. The maximum absolute atomic E-state index is 13.1. The van der Waals surface area contributed by atoms with Gasteiger partial charge in [-0.2, -0.15) is 5.26 Å². The molecular weight excluding hydrogens is 426 g/mol. The molecule has 1 saturated carbocycles. The predicted octanol–water partition coefficient (Wildman–Crippen LogP) is 4.44. The van der Waals surface area contributed by atoms with E-state index in [1.54, 1.807) is 6.07 Å². The van der Waals surface area contributed by atoms with Gasteiger partial charge in [0.2, 0.25) is 5.91 Å². The summed E-state index contributed by atoms with van der Waals surface area (Å²) in [6.07, 6.45) is 1.54. The minimum Gasteiger partial charge on any atom is -0.351 e. The number of nitrogens with one attached hydrogen (secondary N) is 1. The topological polar surface area (TPSA) is 99.9 Å². The van der Waals surface area contributed by atoms with Crippen LogP contribution in [0.3, 0.4) is 0 Å². The van der Waals surface area contributed by atoms with Gasteiger partial charge in [-0.25, -0.2) is 0 Å². The fraction of sp³-hybridized carbons (Fsp3) is 0.400. The molecule has 0 saturated heterocycles. The molecule has 1 aliphatic rings. The predicted molar refractivity (Wildman–Crippen MR) is 122 cm³/mol. The van der Waals surface area contributed by atoms with Gasteiger partial charge in [-0.05, 0) is 69.5 Å². The van der Waals surface area contributed by atoms with E-state index in [1.165, 1.54) is 6.20 Å². The lowest BCUT2D eigenvalue weighted by Crippen LogP contribution is -2.41. The van der Waals surface area contributed by atoms with Gasteiger partial charge in [0.15, 0.2) is 5.78 Å². The molecule has 1 N–H and O–H groups in total. The number of nitrogens with zero attached hydrogens (tertiary/aromatic N) is 2. The Balaban J connectivity index is 1.90. The number of carbonyl (C=O) groups is 3. The van der Waals surface area contributed by atoms with Crippen LogP contribution >= 0.6 is 11.6 Å². The molecule has 0 bridgehead atoms. The Morgan fingerprint density at radius 2 is 1.84 bits per heavy atom. The highest BCUT2D eigenvalue weighted by atomic mass is 35.5. The zero-order chi connectivity index (χ0) is 23.8. The van der Waals surface area contributed by atoms with E-state index in [9.17, 15) is 14.4 Å². The second kappa shape index (κ2) is 8.84. The van der Waals surface area contributed by atoms with Crippen molar-refractivity contribution >= 4 is 29.1 Å². The molecule has 1 fully saturated rings. The average Bonchev–Trinajstić information content (AvgIpc) is 2.93. The van der Waals surface area contributed by atoms with E-state index in [0.29, 0.717) is 21.8 Å². The Kier molecular flexibility index (Phi) is 6.52. The van der Waals surface area contributed by atoms with Gasteiger partial charge in [0, 0.05) is 36.1 Å². The lowest BCUT2D eigenvalue weighted by molar-refractivity contribution is -0.129. The Hall–Kier alpha value is -3.04. The molecule has 0 aliphatic heterocycles. The Morgan fingerprint density at radius 3 is 2.38 bits per heavy atom. The lowest BCUT2D eigenvalue weighted by atomic mass is 9.85. The highest BCUT2D eigenvalue weighted by molar-refractivity contribution is 6.33. The van der Waals surface area contributed by atoms with Crippen LogP contribution in [0.2, 0.25) is 5.02 Å². The smallest absolute Gasteiger partial charge is 0.221 e. The maximum Gasteiger partial charge on any atom is 0.221 e. The molecule has 1 aromatic heterocycles. The number of aromatic nitrogens is 1. The van der Waals surface area contributed by atoms with Gasteiger partial charge < -0.3 is 5.32 Å². The largest absolute Gasteiger partial charge is 0.351 e. The second-order valence-corrected chi connectivity index (χ2v) is 9.80. The molecule has 1 aromatic carbocycles. The number of benzene rings is 1. The second-order valence-electron chi connectivity index (χ2n) is 9.39. The van der Waals surface area contributed by atoms with Gasteiger partial charge in [0.05, 0.1) is 16.3 Å². The van der Waals surface area contributed by atoms with Crippen LogP contribution in [-0.4, -0.2) is 28.0 Å². The summed E-state index contributed by atoms with van der Waals surface area (Å²) in [5.74, 6) is -2.05. The van der Waals surface area contributed by atoms with Crippen molar-refractivity contribution in [3.05, 3.63) is 51.7 Å². The van der Waals surface area contributed by atoms with E-state index in [4.69, 9.17) is 16.9 Å². The van der Waals surface area contributed by atoms with Gasteiger partial charge in [0.25, 0.3) is 0 Å². The highest BCUT2D eigenvalue weighted by Crippen LogP contribution is 2.39. The fourth-order valence-electron chi connectivity index (χ4n) is 4.30. The van der Waals surface area contributed by atoms with Crippen molar-refractivity contribution in [1.82, 2.24) is 10.3 Å². The molecule has 1 heterocycles. The van der Waals surface area contributed by atoms with E-state index in [-0.39, 0.29) is 30.3 Å². The van der Waals surface area contributed by atoms with E-state index < -0.39 is 17.4 Å². The molecule has 1 amide bonds. The van der Waals surface area contributed by atoms with Crippen molar-refractivity contribution in [2.45, 2.75) is 58.9 Å². The third-order valence-corrected chi connectivity index (χ3v) is 5.82. The minimum absolute atomic E-state index is 0.0132. The maximum atomic E-state index is 13.1. The summed E-state index contributed by atoms with van der Waals surface area (Å²) in [7, 11) is 0. The highest BCUT2D eigenvalue weighted by Gasteiger charge is 2.44. The molecule has 0 radical (unpaired) electrons. The SMILES string of the molecule is Cc1cc(-c2ncc(C#N)cc2Cl)cc(C)c1C1C(=O)CC(CC(=O)NC(C)(C)C)C1=O. The Bertz CT molecular complexity index is 1130. The number of halogens is 1. The van der Waals surface area contributed by atoms with Crippen LogP contribution < -0.4 is 5.32 Å². The van der Waals surface area contributed by atoms with Crippen molar-refractivity contribution in [2.75, 3.05) is 0 Å². The van der Waals surface area contributed by atoms with Gasteiger partial charge in [-0.1, -0.05) is 11.6 Å². The summed E-state index contributed by atoms with van der Waals surface area (Å²) < 4.78 is 0. The Morgan fingerprint density at radius 1 is 1.22 bits per heavy atom. The number of aryl methyl sites for hydroxylation is 2. The summed E-state index contributed by atoms with van der Waals surface area (Å²) in [4.78, 5) is 42.6. The summed E-state index contributed by atoms with van der Waals surface area (Å²) in [5, 5.41) is 12.2. The van der Waals surface area contributed by atoms with Crippen molar-refractivity contribution in [2.24, 2.45) is 5.92 Å². The number of pyridine rings is 1. The molecule has 3 rings (SSSR count). The molecular formula is C25H26ClN3O3. The molecule has 7 heteroatoms. The number of Topliss-reactive ketones (excluding diaryl/α,β-unsaturated/α-hetero) is 2. The number of rotatable bonds is 4. The van der Waals surface area contributed by atoms with Gasteiger partial charge in [0.1, 0.15) is 17.8 Å². The van der Waals surface area contributed by atoms with Crippen LogP contribution in [0.15, 0.2) is 24.4 Å². The zero-order valence-electron chi connectivity index (χ0n) is 18.9. The number of hydrogen-bond acceptors (Lipinski definition) is 5. The van der Waals surface area contributed by atoms with Crippen molar-refractivity contribution in [1.29, 1.82) is 5.26 Å². The number of ketones is 2. The normalized spacial score (nSPS) is 18.5. The standard InChI is InChI=1S/C25H26ClN3O3/c1-13-6-16(23-18(26)8-15(11-27)12-28-23)7-14(2)21(13)22-19(30)9-17(24(22)32)10-20(31)29-25(3,4)5/h6-8,12,17,22H,9-10H2,1-5H3,(H,29,31). The summed E-state index contributed by atoms with van der Waals surface area (Å²) in [6, 6.07) is 7.26. The van der Waals surface area contributed by atoms with Gasteiger partial charge >= 0.3 is 0 Å². The number of nitriles is 1. The molecule has 166 valence electrons. The average molecular weight is 452 g/mol. The third-order valence-electron chi connectivity index (χ3n) is 5.53. The first-order valence-electron chi connectivity index (χ1n) is 10.5. The minimum atomic E-state index is -0.860. The van der Waals surface area contributed by atoms with E-state index in [2.05, 4.69) is 10.3 Å². The number of hydrogen-bond donors (Lipinski definition) is 1. The van der Waals surface area contributed by atoms with E-state index in [1.807, 2.05) is 52.8 Å². The van der Waals surface area contributed by atoms with Crippen LogP contribution in [0.1, 0.15) is 61.8 Å². The lowest BCUT2D eigenvalue weighted by Gasteiger charge is -2.21. The van der Waals surface area contributed by atoms with Crippen LogP contribution in [0.25, 0.3) is 11.3 Å². The fourth-order valence-corrected chi connectivity index (χ4v) is 4.58. The van der Waals surface area contributed by atoms with E-state index >= 15 is 0 Å². The Labute approximate surface area is 193 Å². The van der Waals surface area contributed by atoms with Gasteiger partial charge in [-0.15, -0.1) is 0 Å². The first-order valence-corrected chi connectivity index (χ1v) is 10.8. The summed E-state index contributed by atoms with van der Waals surface area (Å²) in [5.41, 5.74) is 3.51. The molecule has 6 nitrogen and oxygen atoms in total.